The summed E-state index contributed by atoms with van der Waals surface area (Å²) in [5.41, 5.74) is 0.875. The molecule has 0 unspecified atom stereocenters. The van der Waals surface area contributed by atoms with Crippen LogP contribution in [-0.2, 0) is 0 Å². The van der Waals surface area contributed by atoms with Gasteiger partial charge in [0.1, 0.15) is 6.61 Å². The van der Waals surface area contributed by atoms with Gasteiger partial charge >= 0.3 is 0 Å². The molecule has 4 heteroatoms. The maximum Gasteiger partial charge on any atom is 0.176 e. The van der Waals surface area contributed by atoms with E-state index < -0.39 is 0 Å². The highest BCUT2D eigenvalue weighted by molar-refractivity contribution is 9.10. The van der Waals surface area contributed by atoms with Crippen LogP contribution >= 0.6 is 27.5 Å². The molecule has 1 aromatic carbocycles. The molecule has 2 nitrogen and oxygen atoms in total. The quantitative estimate of drug-likeness (QED) is 0.852. The Balaban J connectivity index is 2.90. The normalized spacial score (nSPS) is 9.93. The minimum absolute atomic E-state index is 0.0453. The van der Waals surface area contributed by atoms with Crippen molar-refractivity contribution >= 4 is 27.5 Å². The minimum Gasteiger partial charge on any atom is -0.503 e. The fraction of sp³-hybridized carbons (Fsp3) is 0.200. The third kappa shape index (κ3) is 2.93. The van der Waals surface area contributed by atoms with E-state index in [1.54, 1.807) is 12.1 Å². The molecule has 0 atom stereocenters. The molecule has 14 heavy (non-hydrogen) atoms. The number of hydrogen-bond acceptors (Lipinski definition) is 2. The third-order valence-corrected chi connectivity index (χ3v) is 2.21. The van der Waals surface area contributed by atoms with Gasteiger partial charge < -0.3 is 9.84 Å². The van der Waals surface area contributed by atoms with Gasteiger partial charge in [0, 0.05) is 4.47 Å². The van der Waals surface area contributed by atoms with Crippen LogP contribution in [0.4, 0.5) is 0 Å². The van der Waals surface area contributed by atoms with Crippen molar-refractivity contribution in [1.82, 2.24) is 0 Å². The van der Waals surface area contributed by atoms with Gasteiger partial charge in [0.2, 0.25) is 0 Å². The summed E-state index contributed by atoms with van der Waals surface area (Å²) in [6.45, 7) is 5.90. The van der Waals surface area contributed by atoms with Crippen molar-refractivity contribution in [2.75, 3.05) is 6.61 Å². The van der Waals surface area contributed by atoms with E-state index in [1.807, 2.05) is 6.92 Å². The number of halogens is 2. The van der Waals surface area contributed by atoms with Crippen LogP contribution in [0, 0.1) is 0 Å². The van der Waals surface area contributed by atoms with Crippen LogP contribution in [0.3, 0.4) is 0 Å². The third-order valence-electron chi connectivity index (χ3n) is 1.47. The topological polar surface area (TPSA) is 29.5 Å². The van der Waals surface area contributed by atoms with Gasteiger partial charge in [-0.05, 0) is 24.6 Å². The zero-order chi connectivity index (χ0) is 10.7. The first-order valence-electron chi connectivity index (χ1n) is 3.96. The summed E-state index contributed by atoms with van der Waals surface area (Å²) in [6.07, 6.45) is 0. The van der Waals surface area contributed by atoms with Crippen LogP contribution in [-0.4, -0.2) is 11.7 Å². The fourth-order valence-electron chi connectivity index (χ4n) is 0.853. The van der Waals surface area contributed by atoms with Gasteiger partial charge in [0.05, 0.1) is 5.02 Å². The molecule has 0 saturated heterocycles. The zero-order valence-electron chi connectivity index (χ0n) is 7.68. The lowest BCUT2D eigenvalue weighted by Gasteiger charge is -2.09. The summed E-state index contributed by atoms with van der Waals surface area (Å²) in [4.78, 5) is 0. The average Bonchev–Trinajstić information content (AvgIpc) is 2.08. The molecule has 1 aromatic rings. The second-order valence-corrected chi connectivity index (χ2v) is 4.30. The highest BCUT2D eigenvalue weighted by Gasteiger charge is 2.08. The molecular weight excluding hydrogens is 267 g/mol. The number of ether oxygens (including phenoxy) is 1. The summed E-state index contributed by atoms with van der Waals surface area (Å²) in [5, 5.41) is 9.79. The van der Waals surface area contributed by atoms with Crippen molar-refractivity contribution in [3.8, 4) is 11.5 Å². The second kappa shape index (κ2) is 4.71. The molecule has 0 bridgehead atoms. The van der Waals surface area contributed by atoms with Crippen molar-refractivity contribution in [2.24, 2.45) is 0 Å². The molecule has 0 aliphatic heterocycles. The molecule has 1 N–H and O–H groups in total. The summed E-state index contributed by atoms with van der Waals surface area (Å²) in [7, 11) is 0. The smallest absolute Gasteiger partial charge is 0.176 e. The Bertz CT molecular complexity index is 363. The van der Waals surface area contributed by atoms with E-state index in [4.69, 9.17) is 16.3 Å². The van der Waals surface area contributed by atoms with Crippen LogP contribution < -0.4 is 4.74 Å². The molecule has 0 radical (unpaired) electrons. The molecule has 0 aliphatic rings. The van der Waals surface area contributed by atoms with Crippen molar-refractivity contribution in [1.29, 1.82) is 0 Å². The van der Waals surface area contributed by atoms with Gasteiger partial charge in [-0.3, -0.25) is 0 Å². The summed E-state index contributed by atoms with van der Waals surface area (Å²) >= 11 is 9.01. The standard InChI is InChI=1S/C10H10BrClO2/c1-6(2)5-14-9-4-7(11)3-8(12)10(9)13/h3-4,13H,1,5H2,2H3. The lowest BCUT2D eigenvalue weighted by atomic mass is 10.3. The summed E-state index contributed by atoms with van der Waals surface area (Å²) < 4.78 is 6.06. The Morgan fingerprint density at radius 2 is 2.29 bits per heavy atom. The Morgan fingerprint density at radius 1 is 1.64 bits per heavy atom. The molecular formula is C10H10BrClO2. The van der Waals surface area contributed by atoms with Crippen LogP contribution in [0.2, 0.25) is 5.02 Å². The minimum atomic E-state index is -0.0453. The largest absolute Gasteiger partial charge is 0.503 e. The first kappa shape index (κ1) is 11.4. The zero-order valence-corrected chi connectivity index (χ0v) is 10.0. The number of benzene rings is 1. The molecule has 0 spiro atoms. The molecule has 0 fully saturated rings. The molecule has 0 aliphatic carbocycles. The van der Waals surface area contributed by atoms with E-state index in [2.05, 4.69) is 22.5 Å². The van der Waals surface area contributed by atoms with Gasteiger partial charge in [-0.15, -0.1) is 0 Å². The maximum atomic E-state index is 9.53. The van der Waals surface area contributed by atoms with Crippen LogP contribution in [0.1, 0.15) is 6.92 Å². The first-order chi connectivity index (χ1) is 6.50. The Kier molecular flexibility index (Phi) is 3.84. The molecule has 0 amide bonds. The van der Waals surface area contributed by atoms with Crippen LogP contribution in [0.15, 0.2) is 28.8 Å². The highest BCUT2D eigenvalue weighted by atomic mass is 79.9. The van der Waals surface area contributed by atoms with Gasteiger partial charge in [-0.1, -0.05) is 34.1 Å². The van der Waals surface area contributed by atoms with E-state index in [9.17, 15) is 5.11 Å². The van der Waals surface area contributed by atoms with Crippen molar-refractivity contribution in [2.45, 2.75) is 6.92 Å². The van der Waals surface area contributed by atoms with Crippen LogP contribution in [0.25, 0.3) is 0 Å². The second-order valence-electron chi connectivity index (χ2n) is 2.98. The lowest BCUT2D eigenvalue weighted by Crippen LogP contribution is -1.97. The Hall–Kier alpha value is -0.670. The van der Waals surface area contributed by atoms with Crippen LogP contribution in [0.5, 0.6) is 11.5 Å². The van der Waals surface area contributed by atoms with E-state index >= 15 is 0 Å². The average molecular weight is 278 g/mol. The van der Waals surface area contributed by atoms with E-state index in [0.29, 0.717) is 12.4 Å². The number of hydrogen-bond donors (Lipinski definition) is 1. The predicted octanol–water partition coefficient (Wildman–Crippen LogP) is 3.76. The lowest BCUT2D eigenvalue weighted by molar-refractivity contribution is 0.328. The summed E-state index contributed by atoms with van der Waals surface area (Å²) in [6, 6.07) is 3.26. The van der Waals surface area contributed by atoms with Crippen molar-refractivity contribution in [3.05, 3.63) is 33.8 Å². The number of phenols is 1. The molecule has 0 saturated carbocycles. The molecule has 0 aromatic heterocycles. The van der Waals surface area contributed by atoms with Gasteiger partial charge in [0.25, 0.3) is 0 Å². The fourth-order valence-corrected chi connectivity index (χ4v) is 1.63. The van der Waals surface area contributed by atoms with E-state index in [0.717, 1.165) is 10.0 Å². The van der Waals surface area contributed by atoms with Crippen molar-refractivity contribution < 1.29 is 9.84 Å². The number of phenolic OH excluding ortho intramolecular Hbond substituents is 1. The molecule has 76 valence electrons. The molecule has 1 rings (SSSR count). The Morgan fingerprint density at radius 3 is 2.86 bits per heavy atom. The van der Waals surface area contributed by atoms with E-state index in [1.165, 1.54) is 0 Å². The van der Waals surface area contributed by atoms with Gasteiger partial charge in [-0.2, -0.15) is 0 Å². The Labute approximate surface area is 96.3 Å². The summed E-state index contributed by atoms with van der Waals surface area (Å²) in [5.74, 6) is 0.309. The number of aromatic hydroxyl groups is 1. The SMILES string of the molecule is C=C(C)COc1cc(Br)cc(Cl)c1O. The monoisotopic (exact) mass is 276 g/mol. The first-order valence-corrected chi connectivity index (χ1v) is 5.13. The van der Waals surface area contributed by atoms with Gasteiger partial charge in [0.15, 0.2) is 11.5 Å². The predicted molar refractivity (Wildman–Crippen MR) is 61.1 cm³/mol. The van der Waals surface area contributed by atoms with Gasteiger partial charge in [-0.25, -0.2) is 0 Å². The highest BCUT2D eigenvalue weighted by Crippen LogP contribution is 2.36. The maximum absolute atomic E-state index is 9.53. The van der Waals surface area contributed by atoms with Crippen molar-refractivity contribution in [3.63, 3.8) is 0 Å². The number of rotatable bonds is 3. The van der Waals surface area contributed by atoms with E-state index in [-0.39, 0.29) is 10.8 Å². The molecule has 0 heterocycles.